The molecule has 2 heteroatoms. The van der Waals surface area contributed by atoms with Crippen LogP contribution in [0.1, 0.15) is 26.3 Å². The highest BCUT2D eigenvalue weighted by molar-refractivity contribution is 5.85. The van der Waals surface area contributed by atoms with Crippen molar-refractivity contribution < 1.29 is 4.65 Å². The molecule has 1 atom stereocenters. The highest BCUT2D eigenvalue weighted by Crippen LogP contribution is 2.21. The molecule has 0 saturated heterocycles. The zero-order valence-corrected chi connectivity index (χ0v) is 14.5. The standard InChI is InChI=1S/C21H25NO/c1-21(2,3)15-8-5-9-16-22(4,23)17-19-13-10-12-18-11-6-7-14-20(18)19/h5-7,9-14H,16-17H2,1-4H3. The molecule has 1 unspecified atom stereocenters. The van der Waals surface area contributed by atoms with Crippen molar-refractivity contribution in [3.63, 3.8) is 0 Å². The summed E-state index contributed by atoms with van der Waals surface area (Å²) in [5.74, 6) is 6.15. The lowest BCUT2D eigenvalue weighted by atomic mass is 9.98. The Hall–Kier alpha value is -2.08. The van der Waals surface area contributed by atoms with Gasteiger partial charge in [-0.1, -0.05) is 54.3 Å². The Morgan fingerprint density at radius 3 is 2.52 bits per heavy atom. The Bertz CT molecular complexity index is 749. The van der Waals surface area contributed by atoms with Gasteiger partial charge in [0, 0.05) is 11.0 Å². The van der Waals surface area contributed by atoms with E-state index in [1.807, 2.05) is 30.3 Å². The summed E-state index contributed by atoms with van der Waals surface area (Å²) in [7, 11) is 1.71. The molecule has 0 saturated carbocycles. The molecule has 0 aliphatic carbocycles. The first-order valence-corrected chi connectivity index (χ1v) is 7.97. The van der Waals surface area contributed by atoms with Crippen LogP contribution in [0.4, 0.5) is 0 Å². The van der Waals surface area contributed by atoms with Gasteiger partial charge in [0.1, 0.15) is 6.54 Å². The van der Waals surface area contributed by atoms with Crippen LogP contribution in [-0.4, -0.2) is 18.2 Å². The van der Waals surface area contributed by atoms with Gasteiger partial charge in [-0.3, -0.25) is 0 Å². The second-order valence-corrected chi connectivity index (χ2v) is 7.20. The van der Waals surface area contributed by atoms with Crippen LogP contribution in [0, 0.1) is 22.5 Å². The van der Waals surface area contributed by atoms with E-state index in [1.165, 1.54) is 5.39 Å². The van der Waals surface area contributed by atoms with Gasteiger partial charge >= 0.3 is 0 Å². The first kappa shape index (κ1) is 17.3. The van der Waals surface area contributed by atoms with Crippen molar-refractivity contribution in [3.8, 4) is 11.8 Å². The van der Waals surface area contributed by atoms with Crippen LogP contribution in [0.2, 0.25) is 0 Å². The molecule has 0 N–H and O–H groups in total. The summed E-state index contributed by atoms with van der Waals surface area (Å²) in [6, 6.07) is 14.3. The molecular formula is C21H25NO. The van der Waals surface area contributed by atoms with E-state index in [-0.39, 0.29) is 10.1 Å². The van der Waals surface area contributed by atoms with Gasteiger partial charge in [-0.25, -0.2) is 0 Å². The van der Waals surface area contributed by atoms with Crippen molar-refractivity contribution >= 4 is 10.8 Å². The number of likely N-dealkylation sites (N-methyl/N-ethyl adjacent to an activating group) is 1. The Morgan fingerprint density at radius 2 is 1.78 bits per heavy atom. The number of quaternary nitrogens is 1. The Kier molecular flexibility index (Phi) is 5.26. The number of rotatable bonds is 4. The summed E-state index contributed by atoms with van der Waals surface area (Å²) in [4.78, 5) is 0. The maximum atomic E-state index is 12.7. The molecule has 120 valence electrons. The third-order valence-corrected chi connectivity index (χ3v) is 3.52. The predicted octanol–water partition coefficient (Wildman–Crippen LogP) is 4.89. The van der Waals surface area contributed by atoms with Gasteiger partial charge in [-0.2, -0.15) is 0 Å². The number of hydroxylamine groups is 3. The SMILES string of the molecule is CC(C)(C)C#CC=CC[N+](C)([O-])Cc1cccc2ccccc12. The fraction of sp³-hybridized carbons (Fsp3) is 0.333. The summed E-state index contributed by atoms with van der Waals surface area (Å²) in [5, 5.41) is 15.1. The minimum atomic E-state index is -0.332. The van der Waals surface area contributed by atoms with Crippen LogP contribution in [0.15, 0.2) is 54.6 Å². The lowest BCUT2D eigenvalue weighted by molar-refractivity contribution is -0.868. The van der Waals surface area contributed by atoms with Crippen molar-refractivity contribution in [1.82, 2.24) is 0 Å². The van der Waals surface area contributed by atoms with Gasteiger partial charge in [0.25, 0.3) is 0 Å². The van der Waals surface area contributed by atoms with Gasteiger partial charge < -0.3 is 9.85 Å². The third-order valence-electron chi connectivity index (χ3n) is 3.52. The summed E-state index contributed by atoms with van der Waals surface area (Å²) >= 11 is 0. The monoisotopic (exact) mass is 307 g/mol. The Morgan fingerprint density at radius 1 is 1.09 bits per heavy atom. The molecule has 0 bridgehead atoms. The van der Waals surface area contributed by atoms with Crippen molar-refractivity contribution in [2.24, 2.45) is 5.41 Å². The molecule has 0 aliphatic heterocycles. The lowest BCUT2D eigenvalue weighted by Crippen LogP contribution is -2.36. The van der Waals surface area contributed by atoms with E-state index >= 15 is 0 Å². The number of nitrogens with zero attached hydrogens (tertiary/aromatic N) is 1. The number of hydrogen-bond acceptors (Lipinski definition) is 1. The number of fused-ring (bicyclic) bond motifs is 1. The van der Waals surface area contributed by atoms with Gasteiger partial charge in [-0.05, 0) is 43.7 Å². The minimum Gasteiger partial charge on any atom is -0.633 e. The van der Waals surface area contributed by atoms with Gasteiger partial charge in [-0.15, -0.1) is 0 Å². The van der Waals surface area contributed by atoms with E-state index in [0.717, 1.165) is 10.9 Å². The average Bonchev–Trinajstić information content (AvgIpc) is 2.45. The van der Waals surface area contributed by atoms with E-state index < -0.39 is 0 Å². The van der Waals surface area contributed by atoms with Crippen molar-refractivity contribution in [2.45, 2.75) is 27.3 Å². The molecule has 0 spiro atoms. The molecule has 2 aromatic carbocycles. The van der Waals surface area contributed by atoms with E-state index in [4.69, 9.17) is 0 Å². The molecule has 0 aromatic heterocycles. The Labute approximate surface area is 139 Å². The predicted molar refractivity (Wildman–Crippen MR) is 98.4 cm³/mol. The smallest absolute Gasteiger partial charge is 0.105 e. The van der Waals surface area contributed by atoms with Crippen LogP contribution in [0.5, 0.6) is 0 Å². The molecule has 2 nitrogen and oxygen atoms in total. The summed E-state index contributed by atoms with van der Waals surface area (Å²) in [6.07, 6.45) is 3.67. The van der Waals surface area contributed by atoms with E-state index in [2.05, 4.69) is 50.8 Å². The zero-order chi connectivity index (χ0) is 16.9. The lowest BCUT2D eigenvalue weighted by Gasteiger charge is -2.38. The summed E-state index contributed by atoms with van der Waals surface area (Å²) in [5.41, 5.74) is 1.08. The normalized spacial score (nSPS) is 14.5. The van der Waals surface area contributed by atoms with Crippen LogP contribution in [0.25, 0.3) is 10.8 Å². The van der Waals surface area contributed by atoms with Crippen LogP contribution >= 0.6 is 0 Å². The topological polar surface area (TPSA) is 23.1 Å². The maximum absolute atomic E-state index is 12.7. The largest absolute Gasteiger partial charge is 0.633 e. The highest BCUT2D eigenvalue weighted by atomic mass is 16.5. The average molecular weight is 307 g/mol. The highest BCUT2D eigenvalue weighted by Gasteiger charge is 2.11. The molecule has 0 amide bonds. The third kappa shape index (κ3) is 5.56. The first-order chi connectivity index (χ1) is 10.8. The summed E-state index contributed by atoms with van der Waals surface area (Å²) in [6.45, 7) is 7.09. The van der Waals surface area contributed by atoms with Crippen LogP contribution in [0.3, 0.4) is 0 Å². The molecular weight excluding hydrogens is 282 g/mol. The molecule has 0 heterocycles. The maximum Gasteiger partial charge on any atom is 0.105 e. The van der Waals surface area contributed by atoms with Crippen molar-refractivity contribution in [2.75, 3.05) is 13.6 Å². The molecule has 0 fully saturated rings. The molecule has 0 radical (unpaired) electrons. The van der Waals surface area contributed by atoms with Crippen LogP contribution < -0.4 is 0 Å². The second-order valence-electron chi connectivity index (χ2n) is 7.20. The van der Waals surface area contributed by atoms with E-state index in [1.54, 1.807) is 13.1 Å². The van der Waals surface area contributed by atoms with Gasteiger partial charge in [0.15, 0.2) is 0 Å². The van der Waals surface area contributed by atoms with E-state index in [9.17, 15) is 5.21 Å². The van der Waals surface area contributed by atoms with Gasteiger partial charge in [0.05, 0.1) is 13.6 Å². The fourth-order valence-corrected chi connectivity index (χ4v) is 2.45. The molecule has 23 heavy (non-hydrogen) atoms. The number of benzene rings is 2. The first-order valence-electron chi connectivity index (χ1n) is 7.97. The van der Waals surface area contributed by atoms with Crippen molar-refractivity contribution in [1.29, 1.82) is 0 Å². The quantitative estimate of drug-likeness (QED) is 0.448. The zero-order valence-electron chi connectivity index (χ0n) is 14.5. The minimum absolute atomic E-state index is 0.0110. The molecule has 2 aromatic rings. The fourth-order valence-electron chi connectivity index (χ4n) is 2.45. The van der Waals surface area contributed by atoms with E-state index in [0.29, 0.717) is 13.1 Å². The van der Waals surface area contributed by atoms with Crippen molar-refractivity contribution in [3.05, 3.63) is 65.4 Å². The molecule has 2 rings (SSSR count). The Balaban J connectivity index is 2.08. The van der Waals surface area contributed by atoms with Crippen LogP contribution in [-0.2, 0) is 6.54 Å². The second kappa shape index (κ2) is 7.00. The van der Waals surface area contributed by atoms with Gasteiger partial charge in [0.2, 0.25) is 0 Å². The number of allylic oxidation sites excluding steroid dienone is 1. The molecule has 0 aliphatic rings. The summed E-state index contributed by atoms with van der Waals surface area (Å²) < 4.78 is -0.332. The number of hydrogen-bond donors (Lipinski definition) is 0.